The van der Waals surface area contributed by atoms with Gasteiger partial charge in [-0.25, -0.2) is 20.3 Å². The summed E-state index contributed by atoms with van der Waals surface area (Å²) in [4.78, 5) is 27.6. The number of morpholine rings is 1. The highest BCUT2D eigenvalue weighted by atomic mass is 16.5. The van der Waals surface area contributed by atoms with E-state index in [1.54, 1.807) is 18.5 Å². The molecule has 2 aromatic heterocycles. The Balaban J connectivity index is 1.33. The number of anilines is 3. The lowest BCUT2D eigenvalue weighted by molar-refractivity contribution is 0.0322. The molecular weight excluding hydrogens is 434 g/mol. The maximum absolute atomic E-state index is 12.5. The van der Waals surface area contributed by atoms with Gasteiger partial charge in [0.25, 0.3) is 5.91 Å². The van der Waals surface area contributed by atoms with Crippen LogP contribution in [0.1, 0.15) is 15.9 Å². The topological polar surface area (TPSA) is 130 Å². The molecule has 2 aliphatic rings. The molecule has 1 fully saturated rings. The summed E-state index contributed by atoms with van der Waals surface area (Å²) in [6, 6.07) is 9.36. The highest BCUT2D eigenvalue weighted by molar-refractivity contribution is 6.05. The van der Waals surface area contributed by atoms with E-state index in [-0.39, 0.29) is 11.9 Å². The van der Waals surface area contributed by atoms with Crippen molar-refractivity contribution in [3.63, 3.8) is 0 Å². The average Bonchev–Trinajstić information content (AvgIpc) is 2.86. The molecule has 3 aromatic rings. The van der Waals surface area contributed by atoms with Crippen molar-refractivity contribution in [2.24, 2.45) is 0 Å². The molecule has 10 heteroatoms. The molecule has 1 saturated heterocycles. The standard InChI is InChI=1S/C24H24N7O3/c25-24-27-14-17(15-28-24)20-13-16-5-6-26-23(32)21(16)22(30-20)29-18-1-3-19(4-2-18)34-12-9-31-7-10-33-11-8-31/h1-6,13-15H,7-12H2,(H,29,30)(H2,25,27,28). The van der Waals surface area contributed by atoms with Crippen LogP contribution in [0.25, 0.3) is 17.3 Å². The normalized spacial score (nSPS) is 15.5. The van der Waals surface area contributed by atoms with Crippen molar-refractivity contribution in [1.29, 1.82) is 0 Å². The second-order valence-corrected chi connectivity index (χ2v) is 7.85. The van der Waals surface area contributed by atoms with Crippen molar-refractivity contribution in [3.8, 4) is 17.0 Å². The van der Waals surface area contributed by atoms with Gasteiger partial charge in [-0.3, -0.25) is 9.69 Å². The van der Waals surface area contributed by atoms with Crippen LogP contribution in [-0.4, -0.2) is 65.2 Å². The third-order valence-electron chi connectivity index (χ3n) is 5.57. The molecule has 1 aromatic carbocycles. The van der Waals surface area contributed by atoms with Gasteiger partial charge in [-0.15, -0.1) is 0 Å². The average molecular weight is 459 g/mol. The minimum Gasteiger partial charge on any atom is -0.492 e. The van der Waals surface area contributed by atoms with Gasteiger partial charge in [0.1, 0.15) is 18.2 Å². The van der Waals surface area contributed by atoms with Crippen LogP contribution in [0.3, 0.4) is 0 Å². The number of pyridine rings is 1. The number of rotatable bonds is 7. The molecule has 1 radical (unpaired) electrons. The number of hydrogen-bond donors (Lipinski definition) is 2. The van der Waals surface area contributed by atoms with Crippen LogP contribution in [0.5, 0.6) is 5.75 Å². The van der Waals surface area contributed by atoms with E-state index in [0.29, 0.717) is 34.8 Å². The van der Waals surface area contributed by atoms with E-state index < -0.39 is 0 Å². The van der Waals surface area contributed by atoms with E-state index in [2.05, 4.69) is 30.5 Å². The zero-order chi connectivity index (χ0) is 23.3. The molecule has 4 heterocycles. The van der Waals surface area contributed by atoms with Gasteiger partial charge in [-0.2, -0.15) is 0 Å². The minimum atomic E-state index is -0.351. The van der Waals surface area contributed by atoms with Gasteiger partial charge < -0.3 is 20.5 Å². The lowest BCUT2D eigenvalue weighted by Crippen LogP contribution is -2.38. The number of nitrogens with zero attached hydrogens (tertiary/aromatic N) is 5. The van der Waals surface area contributed by atoms with Gasteiger partial charge >= 0.3 is 0 Å². The van der Waals surface area contributed by atoms with Crippen molar-refractivity contribution < 1.29 is 14.3 Å². The summed E-state index contributed by atoms with van der Waals surface area (Å²) >= 11 is 0. The molecule has 0 atom stereocenters. The van der Waals surface area contributed by atoms with Gasteiger partial charge in [0.2, 0.25) is 5.95 Å². The van der Waals surface area contributed by atoms with Crippen LogP contribution in [0.15, 0.2) is 48.9 Å². The smallest absolute Gasteiger partial charge is 0.281 e. The maximum Gasteiger partial charge on any atom is 0.281 e. The second kappa shape index (κ2) is 9.86. The molecule has 0 unspecified atom stereocenters. The fourth-order valence-corrected chi connectivity index (χ4v) is 3.77. The Bertz CT molecular complexity index is 1190. The van der Waals surface area contributed by atoms with E-state index >= 15 is 0 Å². The monoisotopic (exact) mass is 458 g/mol. The number of carbonyl (C=O) groups excluding carboxylic acids is 1. The predicted molar refractivity (Wildman–Crippen MR) is 128 cm³/mol. The number of aromatic nitrogens is 3. The van der Waals surface area contributed by atoms with E-state index in [9.17, 15) is 4.79 Å². The number of nitrogens with one attached hydrogen (secondary N) is 1. The Morgan fingerprint density at radius 3 is 2.65 bits per heavy atom. The first-order valence-corrected chi connectivity index (χ1v) is 11.0. The van der Waals surface area contributed by atoms with Crippen LogP contribution >= 0.6 is 0 Å². The van der Waals surface area contributed by atoms with Crippen molar-refractivity contribution in [2.75, 3.05) is 50.5 Å². The SMILES string of the molecule is Nc1ncc(-c2cc3c(c(Nc4ccc(OCCN5CCOCC5)cc4)n2)C(=O)[N]C=C3)cn1. The molecule has 1 amide bonds. The lowest BCUT2D eigenvalue weighted by Gasteiger charge is -2.26. The Labute approximate surface area is 196 Å². The first-order chi connectivity index (χ1) is 16.7. The maximum atomic E-state index is 12.5. The first kappa shape index (κ1) is 21.8. The largest absolute Gasteiger partial charge is 0.492 e. The Morgan fingerprint density at radius 2 is 1.88 bits per heavy atom. The summed E-state index contributed by atoms with van der Waals surface area (Å²) in [6.07, 6.45) is 6.46. The van der Waals surface area contributed by atoms with Gasteiger partial charge in [-0.05, 0) is 42.0 Å². The van der Waals surface area contributed by atoms with E-state index in [4.69, 9.17) is 15.2 Å². The first-order valence-electron chi connectivity index (χ1n) is 11.0. The molecule has 0 bridgehead atoms. The molecule has 5 rings (SSSR count). The zero-order valence-electron chi connectivity index (χ0n) is 18.5. The van der Waals surface area contributed by atoms with Crippen molar-refractivity contribution in [3.05, 3.63) is 60.1 Å². The quantitative estimate of drug-likeness (QED) is 0.548. The fourth-order valence-electron chi connectivity index (χ4n) is 3.77. The fraction of sp³-hybridized carbons (Fsp3) is 0.250. The predicted octanol–water partition coefficient (Wildman–Crippen LogP) is 2.30. The van der Waals surface area contributed by atoms with Crippen LogP contribution < -0.4 is 21.1 Å². The number of ether oxygens (including phenoxy) is 2. The van der Waals surface area contributed by atoms with Gasteiger partial charge in [0, 0.05) is 49.5 Å². The number of carbonyl (C=O) groups is 1. The highest BCUT2D eigenvalue weighted by Crippen LogP contribution is 2.30. The van der Waals surface area contributed by atoms with Crippen LogP contribution in [0, 0.1) is 0 Å². The third-order valence-corrected chi connectivity index (χ3v) is 5.57. The number of hydrogen-bond acceptors (Lipinski definition) is 9. The van der Waals surface area contributed by atoms with Crippen LogP contribution in [0.2, 0.25) is 0 Å². The molecule has 10 nitrogen and oxygen atoms in total. The molecule has 0 saturated carbocycles. The zero-order valence-corrected chi connectivity index (χ0v) is 18.5. The highest BCUT2D eigenvalue weighted by Gasteiger charge is 2.22. The number of benzene rings is 1. The molecule has 0 aliphatic carbocycles. The number of nitrogen functional groups attached to an aromatic ring is 1. The Hall–Kier alpha value is -4.02. The molecular formula is C24H24N7O3. The molecule has 3 N–H and O–H groups in total. The van der Waals surface area contributed by atoms with Crippen LogP contribution in [0.4, 0.5) is 17.5 Å². The molecule has 0 spiro atoms. The third kappa shape index (κ3) is 4.98. The van der Waals surface area contributed by atoms with Gasteiger partial charge in [0.15, 0.2) is 0 Å². The molecule has 34 heavy (non-hydrogen) atoms. The van der Waals surface area contributed by atoms with Gasteiger partial charge in [0.05, 0.1) is 24.5 Å². The summed E-state index contributed by atoms with van der Waals surface area (Å²) in [6.45, 7) is 4.89. The molecule has 173 valence electrons. The van der Waals surface area contributed by atoms with E-state index in [1.165, 1.54) is 6.20 Å². The van der Waals surface area contributed by atoms with Crippen molar-refractivity contribution in [1.82, 2.24) is 25.2 Å². The molecule has 2 aliphatic heterocycles. The van der Waals surface area contributed by atoms with Crippen molar-refractivity contribution in [2.45, 2.75) is 0 Å². The Kier molecular flexibility index (Phi) is 6.32. The number of fused-ring (bicyclic) bond motifs is 1. The summed E-state index contributed by atoms with van der Waals surface area (Å²) < 4.78 is 11.2. The minimum absolute atomic E-state index is 0.182. The Morgan fingerprint density at radius 1 is 1.12 bits per heavy atom. The lowest BCUT2D eigenvalue weighted by atomic mass is 10.0. The number of nitrogens with two attached hydrogens (primary N) is 1. The second-order valence-electron chi connectivity index (χ2n) is 7.85. The van der Waals surface area contributed by atoms with E-state index in [0.717, 1.165) is 44.3 Å². The summed E-state index contributed by atoms with van der Waals surface area (Å²) in [5.74, 6) is 1.01. The summed E-state index contributed by atoms with van der Waals surface area (Å²) in [5.41, 5.74) is 8.80. The number of amides is 1. The van der Waals surface area contributed by atoms with Gasteiger partial charge in [-0.1, -0.05) is 0 Å². The van der Waals surface area contributed by atoms with E-state index in [1.807, 2.05) is 30.3 Å². The summed E-state index contributed by atoms with van der Waals surface area (Å²) in [7, 11) is 0. The van der Waals surface area contributed by atoms with Crippen LogP contribution in [-0.2, 0) is 4.74 Å². The summed E-state index contributed by atoms with van der Waals surface area (Å²) in [5, 5.41) is 7.15. The van der Waals surface area contributed by atoms with Crippen molar-refractivity contribution >= 4 is 29.4 Å².